The molecule has 2 heterocycles. The van der Waals surface area contributed by atoms with Crippen molar-refractivity contribution in [2.75, 3.05) is 13.1 Å². The van der Waals surface area contributed by atoms with Crippen LogP contribution in [0.3, 0.4) is 0 Å². The highest BCUT2D eigenvalue weighted by Gasteiger charge is 2.37. The lowest BCUT2D eigenvalue weighted by atomic mass is 10.1. The Morgan fingerprint density at radius 2 is 1.88 bits per heavy atom. The van der Waals surface area contributed by atoms with E-state index in [2.05, 4.69) is 10.2 Å². The lowest BCUT2D eigenvalue weighted by Crippen LogP contribution is -2.40. The summed E-state index contributed by atoms with van der Waals surface area (Å²) in [6, 6.07) is 1.71. The first kappa shape index (κ1) is 11.3. The molecule has 0 aromatic carbocycles. The summed E-state index contributed by atoms with van der Waals surface area (Å²) in [5.74, 6) is 0.690. The molecule has 0 bridgehead atoms. The second-order valence-electron chi connectivity index (χ2n) is 5.74. The molecule has 17 heavy (non-hydrogen) atoms. The molecule has 96 valence electrons. The molecule has 3 rings (SSSR count). The predicted molar refractivity (Wildman–Crippen MR) is 70.0 cm³/mol. The van der Waals surface area contributed by atoms with Crippen LogP contribution in [0.2, 0.25) is 0 Å². The third-order valence-corrected chi connectivity index (χ3v) is 4.58. The Bertz CT molecular complexity index is 296. The number of nitrogens with one attached hydrogen (secondary N) is 1. The summed E-state index contributed by atoms with van der Waals surface area (Å²) in [5, 5.41) is 3.39. The van der Waals surface area contributed by atoms with Crippen molar-refractivity contribution in [3.63, 3.8) is 0 Å². The van der Waals surface area contributed by atoms with E-state index in [4.69, 9.17) is 10.7 Å². The van der Waals surface area contributed by atoms with Gasteiger partial charge in [0.2, 0.25) is 0 Å². The highest BCUT2D eigenvalue weighted by molar-refractivity contribution is 5.78. The van der Waals surface area contributed by atoms with Gasteiger partial charge < -0.3 is 11.1 Å². The van der Waals surface area contributed by atoms with Gasteiger partial charge in [-0.2, -0.15) is 0 Å². The number of rotatable bonds is 2. The lowest BCUT2D eigenvalue weighted by molar-refractivity contribution is 0.314. The standard InChI is InChI=1S/C13H24N4/c14-13(15-10-4-1-2-5-10)16-11-7-9-17-8-3-6-12(11)17/h10-12H,1-9H2,(H3,14,15,16). The van der Waals surface area contributed by atoms with E-state index < -0.39 is 0 Å². The van der Waals surface area contributed by atoms with Crippen LogP contribution in [0, 0.1) is 0 Å². The van der Waals surface area contributed by atoms with Gasteiger partial charge in [-0.3, -0.25) is 4.90 Å². The molecular formula is C13H24N4. The molecular weight excluding hydrogens is 212 g/mol. The molecule has 2 saturated heterocycles. The number of hydrogen-bond donors (Lipinski definition) is 2. The number of nitrogens with two attached hydrogens (primary N) is 1. The largest absolute Gasteiger partial charge is 0.370 e. The van der Waals surface area contributed by atoms with Gasteiger partial charge in [-0.25, -0.2) is 4.99 Å². The fourth-order valence-electron chi connectivity index (χ4n) is 3.70. The number of fused-ring (bicyclic) bond motifs is 1. The van der Waals surface area contributed by atoms with Crippen molar-refractivity contribution in [2.45, 2.75) is 63.1 Å². The summed E-state index contributed by atoms with van der Waals surface area (Å²) in [6.07, 6.45) is 9.04. The molecule has 0 aromatic heterocycles. The Balaban J connectivity index is 1.56. The van der Waals surface area contributed by atoms with E-state index in [1.165, 1.54) is 58.0 Å². The Labute approximate surface area is 104 Å². The Kier molecular flexibility index (Phi) is 3.23. The summed E-state index contributed by atoms with van der Waals surface area (Å²) in [5.41, 5.74) is 6.04. The average Bonchev–Trinajstić information content (AvgIpc) is 2.97. The molecule has 0 aromatic rings. The molecule has 1 aliphatic carbocycles. The van der Waals surface area contributed by atoms with Gasteiger partial charge >= 0.3 is 0 Å². The van der Waals surface area contributed by atoms with E-state index in [1.54, 1.807) is 0 Å². The van der Waals surface area contributed by atoms with E-state index in [1.807, 2.05) is 0 Å². The SMILES string of the molecule is NC(=NC1CCN2CCCC12)NC1CCCC1. The molecule has 4 nitrogen and oxygen atoms in total. The summed E-state index contributed by atoms with van der Waals surface area (Å²) in [4.78, 5) is 7.30. The Morgan fingerprint density at radius 3 is 2.71 bits per heavy atom. The van der Waals surface area contributed by atoms with Crippen molar-refractivity contribution in [3.8, 4) is 0 Å². The van der Waals surface area contributed by atoms with Crippen molar-refractivity contribution in [1.29, 1.82) is 0 Å². The molecule has 2 unspecified atom stereocenters. The molecule has 1 saturated carbocycles. The Morgan fingerprint density at radius 1 is 1.06 bits per heavy atom. The van der Waals surface area contributed by atoms with Crippen LogP contribution in [0.4, 0.5) is 0 Å². The van der Waals surface area contributed by atoms with Crippen molar-refractivity contribution in [3.05, 3.63) is 0 Å². The number of guanidine groups is 1. The summed E-state index contributed by atoms with van der Waals surface area (Å²) < 4.78 is 0. The maximum Gasteiger partial charge on any atom is 0.189 e. The third-order valence-electron chi connectivity index (χ3n) is 4.58. The highest BCUT2D eigenvalue weighted by Crippen LogP contribution is 2.29. The fraction of sp³-hybridized carbons (Fsp3) is 0.923. The predicted octanol–water partition coefficient (Wildman–Crippen LogP) is 1.07. The number of aliphatic imine (C=N–C) groups is 1. The zero-order chi connectivity index (χ0) is 11.7. The van der Waals surface area contributed by atoms with Gasteiger partial charge in [0.15, 0.2) is 5.96 Å². The second kappa shape index (κ2) is 4.84. The maximum atomic E-state index is 6.04. The normalized spacial score (nSPS) is 35.4. The van der Waals surface area contributed by atoms with Crippen LogP contribution in [0.25, 0.3) is 0 Å². The third kappa shape index (κ3) is 2.41. The van der Waals surface area contributed by atoms with Crippen molar-refractivity contribution in [2.24, 2.45) is 10.7 Å². The molecule has 2 aliphatic heterocycles. The van der Waals surface area contributed by atoms with Crippen molar-refractivity contribution >= 4 is 5.96 Å². The van der Waals surface area contributed by atoms with E-state index in [9.17, 15) is 0 Å². The molecule has 2 atom stereocenters. The highest BCUT2D eigenvalue weighted by atomic mass is 15.2. The smallest absolute Gasteiger partial charge is 0.189 e. The minimum Gasteiger partial charge on any atom is -0.370 e. The fourth-order valence-corrected chi connectivity index (χ4v) is 3.70. The molecule has 3 aliphatic rings. The first-order valence-corrected chi connectivity index (χ1v) is 7.17. The van der Waals surface area contributed by atoms with Crippen LogP contribution in [0.15, 0.2) is 4.99 Å². The minimum absolute atomic E-state index is 0.450. The Hall–Kier alpha value is -0.770. The van der Waals surface area contributed by atoms with Gasteiger partial charge in [-0.05, 0) is 38.6 Å². The van der Waals surface area contributed by atoms with Crippen LogP contribution in [0.1, 0.15) is 44.9 Å². The quantitative estimate of drug-likeness (QED) is 0.557. The van der Waals surface area contributed by atoms with E-state index in [-0.39, 0.29) is 0 Å². The van der Waals surface area contributed by atoms with Gasteiger partial charge in [0.25, 0.3) is 0 Å². The van der Waals surface area contributed by atoms with Gasteiger partial charge in [0.05, 0.1) is 6.04 Å². The molecule has 3 fully saturated rings. The van der Waals surface area contributed by atoms with Gasteiger partial charge in [0.1, 0.15) is 0 Å². The minimum atomic E-state index is 0.450. The summed E-state index contributed by atoms with van der Waals surface area (Å²) in [7, 11) is 0. The van der Waals surface area contributed by atoms with Crippen LogP contribution < -0.4 is 11.1 Å². The average molecular weight is 236 g/mol. The van der Waals surface area contributed by atoms with Gasteiger partial charge in [-0.15, -0.1) is 0 Å². The molecule has 3 N–H and O–H groups in total. The summed E-state index contributed by atoms with van der Waals surface area (Å²) in [6.45, 7) is 2.49. The first-order valence-electron chi connectivity index (χ1n) is 7.17. The molecule has 0 amide bonds. The lowest BCUT2D eigenvalue weighted by Gasteiger charge is -2.19. The van der Waals surface area contributed by atoms with Crippen LogP contribution in [0.5, 0.6) is 0 Å². The monoisotopic (exact) mass is 236 g/mol. The molecule has 0 radical (unpaired) electrons. The summed E-state index contributed by atoms with van der Waals surface area (Å²) >= 11 is 0. The number of hydrogen-bond acceptors (Lipinski definition) is 2. The zero-order valence-electron chi connectivity index (χ0n) is 10.6. The second-order valence-corrected chi connectivity index (χ2v) is 5.74. The molecule has 0 spiro atoms. The van der Waals surface area contributed by atoms with Gasteiger partial charge in [-0.1, -0.05) is 12.8 Å². The topological polar surface area (TPSA) is 53.6 Å². The van der Waals surface area contributed by atoms with E-state index >= 15 is 0 Å². The van der Waals surface area contributed by atoms with E-state index in [0.717, 1.165) is 0 Å². The van der Waals surface area contributed by atoms with Crippen LogP contribution in [-0.2, 0) is 0 Å². The maximum absolute atomic E-state index is 6.04. The first-order chi connectivity index (χ1) is 8.33. The molecule has 4 heteroatoms. The van der Waals surface area contributed by atoms with Crippen LogP contribution in [-0.4, -0.2) is 42.1 Å². The van der Waals surface area contributed by atoms with Gasteiger partial charge in [0, 0.05) is 18.6 Å². The number of nitrogens with zero attached hydrogens (tertiary/aromatic N) is 2. The van der Waals surface area contributed by atoms with Crippen LogP contribution >= 0.6 is 0 Å². The van der Waals surface area contributed by atoms with E-state index in [0.29, 0.717) is 24.1 Å². The van der Waals surface area contributed by atoms with Crippen molar-refractivity contribution in [1.82, 2.24) is 10.2 Å². The van der Waals surface area contributed by atoms with Crippen molar-refractivity contribution < 1.29 is 0 Å². The zero-order valence-corrected chi connectivity index (χ0v) is 10.6.